The van der Waals surface area contributed by atoms with E-state index in [1.54, 1.807) is 12.1 Å². The summed E-state index contributed by atoms with van der Waals surface area (Å²) < 4.78 is 38.5. The molecule has 1 aromatic carbocycles. The van der Waals surface area contributed by atoms with Gasteiger partial charge in [0.25, 0.3) is 0 Å². The average molecular weight is 267 g/mol. The molecule has 0 aliphatic rings. The molecule has 0 radical (unpaired) electrons. The lowest BCUT2D eigenvalue weighted by atomic mass is 9.97. The molecule has 1 N–H and O–H groups in total. The summed E-state index contributed by atoms with van der Waals surface area (Å²) in [5.41, 5.74) is -0.164. The van der Waals surface area contributed by atoms with Crippen molar-refractivity contribution in [1.29, 1.82) is 0 Å². The topological polar surface area (TPSA) is 33.1 Å². The molecule has 0 saturated carbocycles. The van der Waals surface area contributed by atoms with Crippen molar-refractivity contribution in [2.75, 3.05) is 0 Å². The molecule has 1 heterocycles. The highest BCUT2D eigenvalue weighted by Gasteiger charge is 2.34. The lowest BCUT2D eigenvalue weighted by Crippen LogP contribution is -2.13. The van der Waals surface area contributed by atoms with E-state index in [9.17, 15) is 18.3 Å². The first kappa shape index (κ1) is 13.5. The number of alkyl halides is 3. The first-order chi connectivity index (χ1) is 8.98. The summed E-state index contributed by atoms with van der Waals surface area (Å²) in [6.07, 6.45) is -2.46. The maximum Gasteiger partial charge on any atom is 0.416 e. The first-order valence-electron chi connectivity index (χ1n) is 5.71. The third-order valence-electron chi connectivity index (χ3n) is 2.80. The number of nitrogens with zero attached hydrogens (tertiary/aromatic N) is 1. The maximum absolute atomic E-state index is 12.8. The number of aliphatic hydroxyl groups excluding tert-OH is 1. The molecule has 0 bridgehead atoms. The van der Waals surface area contributed by atoms with Gasteiger partial charge in [0, 0.05) is 18.8 Å². The molecule has 100 valence electrons. The molecule has 2 rings (SSSR count). The zero-order valence-corrected chi connectivity index (χ0v) is 9.93. The van der Waals surface area contributed by atoms with Gasteiger partial charge >= 0.3 is 6.18 Å². The van der Waals surface area contributed by atoms with Crippen LogP contribution in [0.4, 0.5) is 13.2 Å². The highest BCUT2D eigenvalue weighted by molar-refractivity contribution is 5.32. The molecule has 0 aliphatic heterocycles. The van der Waals surface area contributed by atoms with Crippen LogP contribution >= 0.6 is 0 Å². The second-order valence-corrected chi connectivity index (χ2v) is 4.16. The van der Waals surface area contributed by atoms with Crippen molar-refractivity contribution in [2.45, 2.75) is 18.7 Å². The second kappa shape index (κ2) is 5.40. The monoisotopic (exact) mass is 267 g/mol. The number of hydrogen-bond donors (Lipinski definition) is 1. The summed E-state index contributed by atoms with van der Waals surface area (Å²) in [4.78, 5) is 3.82. The Hall–Kier alpha value is -1.88. The van der Waals surface area contributed by atoms with Crippen LogP contribution in [0.1, 0.15) is 22.8 Å². The Morgan fingerprint density at radius 3 is 2.32 bits per heavy atom. The Morgan fingerprint density at radius 2 is 1.68 bits per heavy atom. The molecule has 1 atom stereocenters. The van der Waals surface area contributed by atoms with Gasteiger partial charge in [-0.1, -0.05) is 18.2 Å². The van der Waals surface area contributed by atoms with E-state index in [-0.39, 0.29) is 12.0 Å². The molecule has 1 aromatic heterocycles. The molecule has 0 spiro atoms. The average Bonchev–Trinajstić information content (AvgIpc) is 2.39. The van der Waals surface area contributed by atoms with E-state index in [2.05, 4.69) is 4.98 Å². The van der Waals surface area contributed by atoms with Crippen molar-refractivity contribution < 1.29 is 18.3 Å². The molecular formula is C14H12F3NO. The van der Waals surface area contributed by atoms with Gasteiger partial charge in [0.15, 0.2) is 0 Å². The van der Waals surface area contributed by atoms with E-state index in [1.807, 2.05) is 0 Å². The Labute approximate surface area is 108 Å². The van der Waals surface area contributed by atoms with E-state index in [0.29, 0.717) is 0 Å². The van der Waals surface area contributed by atoms with E-state index < -0.39 is 17.8 Å². The van der Waals surface area contributed by atoms with Crippen LogP contribution in [0.25, 0.3) is 0 Å². The maximum atomic E-state index is 12.8. The van der Waals surface area contributed by atoms with Crippen LogP contribution in [0, 0.1) is 0 Å². The van der Waals surface area contributed by atoms with Gasteiger partial charge < -0.3 is 5.11 Å². The number of benzene rings is 1. The van der Waals surface area contributed by atoms with Crippen LogP contribution in [0.5, 0.6) is 0 Å². The summed E-state index contributed by atoms with van der Waals surface area (Å²) in [5.74, 6) is 0. The summed E-state index contributed by atoms with van der Waals surface area (Å²) in [6.45, 7) is 0. The highest BCUT2D eigenvalue weighted by atomic mass is 19.4. The second-order valence-electron chi connectivity index (χ2n) is 4.16. The van der Waals surface area contributed by atoms with E-state index in [1.165, 1.54) is 30.6 Å². The van der Waals surface area contributed by atoms with Crippen LogP contribution in [-0.4, -0.2) is 10.1 Å². The summed E-state index contributed by atoms with van der Waals surface area (Å²) >= 11 is 0. The van der Waals surface area contributed by atoms with Crippen LogP contribution in [-0.2, 0) is 12.6 Å². The Kier molecular flexibility index (Phi) is 3.85. The molecule has 2 nitrogen and oxygen atoms in total. The number of aromatic nitrogens is 1. The third-order valence-corrected chi connectivity index (χ3v) is 2.80. The minimum absolute atomic E-state index is 0.105. The fourth-order valence-corrected chi connectivity index (χ4v) is 1.90. The van der Waals surface area contributed by atoms with Gasteiger partial charge in [0.05, 0.1) is 11.7 Å². The lowest BCUT2D eigenvalue weighted by Gasteiger charge is -2.17. The minimum atomic E-state index is -4.46. The molecular weight excluding hydrogens is 255 g/mol. The van der Waals surface area contributed by atoms with Gasteiger partial charge in [-0.05, 0) is 29.3 Å². The van der Waals surface area contributed by atoms with Crippen molar-refractivity contribution >= 4 is 0 Å². The van der Waals surface area contributed by atoms with Crippen molar-refractivity contribution in [3.05, 3.63) is 65.5 Å². The fourth-order valence-electron chi connectivity index (χ4n) is 1.90. The lowest BCUT2D eigenvalue weighted by molar-refractivity contribution is -0.139. The number of aliphatic hydroxyl groups is 1. The third kappa shape index (κ3) is 3.32. The first-order valence-corrected chi connectivity index (χ1v) is 5.71. The van der Waals surface area contributed by atoms with Crippen LogP contribution in [0.2, 0.25) is 0 Å². The molecule has 0 fully saturated rings. The molecule has 0 saturated heterocycles. The van der Waals surface area contributed by atoms with Gasteiger partial charge in [-0.3, -0.25) is 4.98 Å². The van der Waals surface area contributed by atoms with Crippen molar-refractivity contribution in [1.82, 2.24) is 4.98 Å². The normalized spacial score (nSPS) is 13.3. The Bertz CT molecular complexity index is 540. The predicted octanol–water partition coefficient (Wildman–Crippen LogP) is 3.38. The quantitative estimate of drug-likeness (QED) is 0.924. The van der Waals surface area contributed by atoms with Gasteiger partial charge in [0.2, 0.25) is 0 Å². The van der Waals surface area contributed by atoms with Crippen molar-refractivity contribution in [2.24, 2.45) is 0 Å². The summed E-state index contributed by atoms with van der Waals surface area (Å²) in [5, 5.41) is 10.00. The standard InChI is InChI=1S/C14H12F3NO/c15-14(16,17)12-4-2-1-3-11(12)13(19)9-10-5-7-18-8-6-10/h1-8,13,19H,9H2. The molecule has 2 aromatic rings. The zero-order valence-electron chi connectivity index (χ0n) is 9.93. The number of halogens is 3. The van der Waals surface area contributed by atoms with Crippen molar-refractivity contribution in [3.8, 4) is 0 Å². The zero-order chi connectivity index (χ0) is 13.9. The molecule has 1 unspecified atom stereocenters. The summed E-state index contributed by atoms with van der Waals surface area (Å²) in [6, 6.07) is 8.41. The molecule has 0 aliphatic carbocycles. The van der Waals surface area contributed by atoms with E-state index in [0.717, 1.165) is 11.6 Å². The van der Waals surface area contributed by atoms with E-state index >= 15 is 0 Å². The minimum Gasteiger partial charge on any atom is -0.388 e. The highest BCUT2D eigenvalue weighted by Crippen LogP contribution is 2.35. The molecule has 5 heteroatoms. The van der Waals surface area contributed by atoms with Gasteiger partial charge in [-0.2, -0.15) is 13.2 Å². The Balaban J connectivity index is 2.27. The smallest absolute Gasteiger partial charge is 0.388 e. The fraction of sp³-hybridized carbons (Fsp3) is 0.214. The predicted molar refractivity (Wildman–Crippen MR) is 64.3 cm³/mol. The van der Waals surface area contributed by atoms with Gasteiger partial charge in [-0.15, -0.1) is 0 Å². The van der Waals surface area contributed by atoms with Crippen molar-refractivity contribution in [3.63, 3.8) is 0 Å². The molecule has 19 heavy (non-hydrogen) atoms. The van der Waals surface area contributed by atoms with E-state index in [4.69, 9.17) is 0 Å². The number of rotatable bonds is 3. The molecule has 0 amide bonds. The van der Waals surface area contributed by atoms with Crippen LogP contribution < -0.4 is 0 Å². The van der Waals surface area contributed by atoms with Gasteiger partial charge in [-0.25, -0.2) is 0 Å². The van der Waals surface area contributed by atoms with Gasteiger partial charge in [0.1, 0.15) is 0 Å². The number of hydrogen-bond acceptors (Lipinski definition) is 2. The largest absolute Gasteiger partial charge is 0.416 e. The van der Waals surface area contributed by atoms with Crippen LogP contribution in [0.15, 0.2) is 48.8 Å². The number of pyridine rings is 1. The Morgan fingerprint density at radius 1 is 1.05 bits per heavy atom. The summed E-state index contributed by atoms with van der Waals surface area (Å²) in [7, 11) is 0. The van der Waals surface area contributed by atoms with Crippen LogP contribution in [0.3, 0.4) is 0 Å². The SMILES string of the molecule is OC(Cc1ccncc1)c1ccccc1C(F)(F)F.